The zero-order valence-electron chi connectivity index (χ0n) is 10.7. The van der Waals surface area contributed by atoms with Crippen LogP contribution in [0.1, 0.15) is 5.56 Å². The van der Waals surface area contributed by atoms with Crippen molar-refractivity contribution >= 4 is 41.5 Å². The number of halogens is 2. The van der Waals surface area contributed by atoms with Crippen LogP contribution in [0.2, 0.25) is 5.02 Å². The highest BCUT2D eigenvalue weighted by Crippen LogP contribution is 2.16. The predicted octanol–water partition coefficient (Wildman–Crippen LogP) is 3.15. The van der Waals surface area contributed by atoms with Gasteiger partial charge in [-0.15, -0.1) is 30.6 Å². The molecule has 0 atom stereocenters. The Morgan fingerprint density at radius 1 is 1.50 bits per heavy atom. The minimum atomic E-state index is 0. The molecule has 0 spiro atoms. The third kappa shape index (κ3) is 5.27. The molecule has 0 saturated heterocycles. The summed E-state index contributed by atoms with van der Waals surface area (Å²) in [5.74, 6) is 0.824. The largest absolute Gasteiger partial charge is 0.353 e. The summed E-state index contributed by atoms with van der Waals surface area (Å²) in [4.78, 5) is 6.21. The monoisotopic (exact) mass is 379 g/mol. The van der Waals surface area contributed by atoms with Gasteiger partial charge in [-0.25, -0.2) is 0 Å². The lowest BCUT2D eigenvalue weighted by molar-refractivity contribution is 0.480. The van der Waals surface area contributed by atoms with Crippen molar-refractivity contribution in [3.05, 3.63) is 47.5 Å². The summed E-state index contributed by atoms with van der Waals surface area (Å²) < 4.78 is 0. The molecule has 0 unspecified atom stereocenters. The van der Waals surface area contributed by atoms with Crippen LogP contribution in [0.15, 0.2) is 41.9 Å². The average molecular weight is 380 g/mol. The van der Waals surface area contributed by atoms with Crippen molar-refractivity contribution in [2.75, 3.05) is 20.6 Å². The van der Waals surface area contributed by atoms with Crippen LogP contribution in [0.5, 0.6) is 0 Å². The van der Waals surface area contributed by atoms with Gasteiger partial charge in [0.25, 0.3) is 0 Å². The van der Waals surface area contributed by atoms with Gasteiger partial charge in [-0.2, -0.15) is 0 Å². The number of nitrogens with one attached hydrogen (secondary N) is 1. The molecule has 0 amide bonds. The number of aliphatic imine (C=N–C) groups is 1. The fourth-order valence-electron chi connectivity index (χ4n) is 1.51. The first-order valence-corrected chi connectivity index (χ1v) is 5.83. The van der Waals surface area contributed by atoms with Gasteiger partial charge in [0.05, 0.1) is 0 Å². The Morgan fingerprint density at radius 3 is 2.72 bits per heavy atom. The maximum Gasteiger partial charge on any atom is 0.193 e. The number of hydrogen-bond donors (Lipinski definition) is 1. The molecule has 0 heterocycles. The summed E-state index contributed by atoms with van der Waals surface area (Å²) in [6.07, 6.45) is 1.80. The van der Waals surface area contributed by atoms with Gasteiger partial charge in [0, 0.05) is 32.2 Å². The predicted molar refractivity (Wildman–Crippen MR) is 89.9 cm³/mol. The molecule has 0 aliphatic heterocycles. The standard InChI is InChI=1S/C13H18ClN3.HI/c1-4-9-16-13(15-2)17(3)10-11-7-5-6-8-12(11)14;/h4-8H,1,9-10H2,2-3H3,(H,15,16);1H. The summed E-state index contributed by atoms with van der Waals surface area (Å²) in [6.45, 7) is 5.08. The summed E-state index contributed by atoms with van der Waals surface area (Å²) in [6, 6.07) is 7.82. The zero-order chi connectivity index (χ0) is 12.7. The van der Waals surface area contributed by atoms with E-state index in [4.69, 9.17) is 11.6 Å². The van der Waals surface area contributed by atoms with Crippen LogP contribution in [-0.2, 0) is 6.54 Å². The van der Waals surface area contributed by atoms with Crippen molar-refractivity contribution in [3.8, 4) is 0 Å². The van der Waals surface area contributed by atoms with E-state index in [0.717, 1.165) is 23.1 Å². The van der Waals surface area contributed by atoms with Crippen LogP contribution in [0.25, 0.3) is 0 Å². The van der Waals surface area contributed by atoms with Gasteiger partial charge in [0.15, 0.2) is 5.96 Å². The quantitative estimate of drug-likeness (QED) is 0.377. The average Bonchev–Trinajstić information content (AvgIpc) is 2.33. The SMILES string of the molecule is C=CCNC(=NC)N(C)Cc1ccccc1Cl.I. The molecule has 0 aliphatic carbocycles. The highest BCUT2D eigenvalue weighted by atomic mass is 127. The Morgan fingerprint density at radius 2 is 2.17 bits per heavy atom. The van der Waals surface area contributed by atoms with Gasteiger partial charge < -0.3 is 10.2 Å². The Hall–Kier alpha value is -0.750. The highest BCUT2D eigenvalue weighted by Gasteiger charge is 2.07. The number of rotatable bonds is 4. The van der Waals surface area contributed by atoms with E-state index in [9.17, 15) is 0 Å². The lowest BCUT2D eigenvalue weighted by Crippen LogP contribution is -2.38. The van der Waals surface area contributed by atoms with Crippen LogP contribution < -0.4 is 5.32 Å². The van der Waals surface area contributed by atoms with Crippen molar-refractivity contribution in [3.63, 3.8) is 0 Å². The first-order chi connectivity index (χ1) is 8.19. The van der Waals surface area contributed by atoms with E-state index in [1.165, 1.54) is 0 Å². The minimum absolute atomic E-state index is 0. The maximum atomic E-state index is 6.12. The first kappa shape index (κ1) is 17.2. The van der Waals surface area contributed by atoms with Gasteiger partial charge >= 0.3 is 0 Å². The minimum Gasteiger partial charge on any atom is -0.353 e. The zero-order valence-corrected chi connectivity index (χ0v) is 13.8. The Labute approximate surface area is 131 Å². The molecule has 5 heteroatoms. The van der Waals surface area contributed by atoms with Crippen molar-refractivity contribution in [2.24, 2.45) is 4.99 Å². The maximum absolute atomic E-state index is 6.12. The summed E-state index contributed by atoms with van der Waals surface area (Å²) in [5, 5.41) is 3.95. The number of benzene rings is 1. The number of nitrogens with zero attached hydrogens (tertiary/aromatic N) is 2. The number of hydrogen-bond acceptors (Lipinski definition) is 1. The van der Waals surface area contributed by atoms with E-state index in [1.807, 2.05) is 36.2 Å². The van der Waals surface area contributed by atoms with Gasteiger partial charge in [0.2, 0.25) is 0 Å². The second kappa shape index (κ2) is 9.22. The van der Waals surface area contributed by atoms with Crippen LogP contribution in [0.4, 0.5) is 0 Å². The lowest BCUT2D eigenvalue weighted by atomic mass is 10.2. The number of guanidine groups is 1. The lowest BCUT2D eigenvalue weighted by Gasteiger charge is -2.22. The Kier molecular flexibility index (Phi) is 8.83. The molecule has 0 aliphatic rings. The van der Waals surface area contributed by atoms with Gasteiger partial charge in [-0.3, -0.25) is 4.99 Å². The molecule has 1 aromatic rings. The van der Waals surface area contributed by atoms with Gasteiger partial charge in [-0.1, -0.05) is 35.9 Å². The van der Waals surface area contributed by atoms with Crippen molar-refractivity contribution in [2.45, 2.75) is 6.54 Å². The Balaban J connectivity index is 0.00000289. The van der Waals surface area contributed by atoms with E-state index in [-0.39, 0.29) is 24.0 Å². The molecule has 18 heavy (non-hydrogen) atoms. The van der Waals surface area contributed by atoms with Gasteiger partial charge in [0.1, 0.15) is 0 Å². The summed E-state index contributed by atoms with van der Waals surface area (Å²) in [5.41, 5.74) is 1.08. The molecule has 0 saturated carbocycles. The summed E-state index contributed by atoms with van der Waals surface area (Å²) in [7, 11) is 3.73. The van der Waals surface area contributed by atoms with E-state index < -0.39 is 0 Å². The molecule has 0 aromatic heterocycles. The fraction of sp³-hybridized carbons (Fsp3) is 0.308. The van der Waals surface area contributed by atoms with Crippen LogP contribution in [0, 0.1) is 0 Å². The normalized spacial score (nSPS) is 10.5. The molecule has 100 valence electrons. The molecule has 0 radical (unpaired) electrons. The third-order valence-corrected chi connectivity index (χ3v) is 2.71. The molecular weight excluding hydrogens is 361 g/mol. The van der Waals surface area contributed by atoms with E-state index >= 15 is 0 Å². The Bertz CT molecular complexity index is 407. The van der Waals surface area contributed by atoms with Crippen LogP contribution in [-0.4, -0.2) is 31.5 Å². The van der Waals surface area contributed by atoms with E-state index in [1.54, 1.807) is 13.1 Å². The van der Waals surface area contributed by atoms with E-state index in [2.05, 4.69) is 16.9 Å². The fourth-order valence-corrected chi connectivity index (χ4v) is 1.70. The second-order valence-corrected chi connectivity index (χ2v) is 4.07. The third-order valence-electron chi connectivity index (χ3n) is 2.34. The van der Waals surface area contributed by atoms with Crippen LogP contribution in [0.3, 0.4) is 0 Å². The molecule has 1 aromatic carbocycles. The molecule has 1 rings (SSSR count). The van der Waals surface area contributed by atoms with Crippen molar-refractivity contribution in [1.82, 2.24) is 10.2 Å². The van der Waals surface area contributed by atoms with Gasteiger partial charge in [-0.05, 0) is 11.6 Å². The smallest absolute Gasteiger partial charge is 0.193 e. The van der Waals surface area contributed by atoms with Crippen molar-refractivity contribution in [1.29, 1.82) is 0 Å². The molecule has 0 fully saturated rings. The van der Waals surface area contributed by atoms with E-state index in [0.29, 0.717) is 6.54 Å². The van der Waals surface area contributed by atoms with Crippen LogP contribution >= 0.6 is 35.6 Å². The summed E-state index contributed by atoms with van der Waals surface area (Å²) >= 11 is 6.12. The molecule has 0 bridgehead atoms. The first-order valence-electron chi connectivity index (χ1n) is 5.45. The second-order valence-electron chi connectivity index (χ2n) is 3.66. The topological polar surface area (TPSA) is 27.6 Å². The molecular formula is C13H19ClIN3. The molecule has 3 nitrogen and oxygen atoms in total. The van der Waals surface area contributed by atoms with Crippen molar-refractivity contribution < 1.29 is 0 Å². The molecule has 1 N–H and O–H groups in total. The highest BCUT2D eigenvalue weighted by molar-refractivity contribution is 14.0.